The maximum atomic E-state index is 13.1. The second kappa shape index (κ2) is 8.57. The van der Waals surface area contributed by atoms with Crippen LogP contribution in [0.5, 0.6) is 11.5 Å². The number of urea groups is 1. The van der Waals surface area contributed by atoms with Crippen LogP contribution in [-0.4, -0.2) is 43.4 Å². The number of imide groups is 1. The van der Waals surface area contributed by atoms with Gasteiger partial charge >= 0.3 is 6.03 Å². The van der Waals surface area contributed by atoms with Gasteiger partial charge in [-0.1, -0.05) is 37.6 Å². The fraction of sp³-hybridized carbons (Fsp3) is 0.348. The van der Waals surface area contributed by atoms with E-state index in [9.17, 15) is 14.4 Å². The second-order valence-corrected chi connectivity index (χ2v) is 7.39. The second-order valence-electron chi connectivity index (χ2n) is 7.39. The van der Waals surface area contributed by atoms with Crippen molar-refractivity contribution < 1.29 is 23.9 Å². The number of carbonyl (C=O) groups is 3. The van der Waals surface area contributed by atoms with E-state index in [0.29, 0.717) is 22.6 Å². The number of aryl methyl sites for hydroxylation is 1. The number of benzene rings is 2. The number of rotatable bonds is 8. The van der Waals surface area contributed by atoms with Crippen molar-refractivity contribution in [3.8, 4) is 11.5 Å². The summed E-state index contributed by atoms with van der Waals surface area (Å²) in [6.07, 6.45) is 1.97. The maximum absolute atomic E-state index is 13.1. The van der Waals surface area contributed by atoms with Gasteiger partial charge in [0.15, 0.2) is 17.3 Å². The van der Waals surface area contributed by atoms with Crippen molar-refractivity contribution in [3.05, 3.63) is 59.2 Å². The lowest BCUT2D eigenvalue weighted by molar-refractivity contribution is -0.130. The van der Waals surface area contributed by atoms with Gasteiger partial charge in [-0.3, -0.25) is 14.5 Å². The molecule has 2 aromatic carbocycles. The highest BCUT2D eigenvalue weighted by Crippen LogP contribution is 2.31. The molecule has 1 N–H and O–H groups in total. The van der Waals surface area contributed by atoms with Crippen LogP contribution in [0.25, 0.3) is 0 Å². The van der Waals surface area contributed by atoms with Gasteiger partial charge in [-0.15, -0.1) is 0 Å². The molecule has 0 aliphatic carbocycles. The first-order valence-corrected chi connectivity index (χ1v) is 9.82. The van der Waals surface area contributed by atoms with Crippen LogP contribution in [0.15, 0.2) is 42.5 Å². The van der Waals surface area contributed by atoms with Gasteiger partial charge in [-0.25, -0.2) is 4.79 Å². The Labute approximate surface area is 176 Å². The summed E-state index contributed by atoms with van der Waals surface area (Å²) in [5.74, 6) is 0.0623. The zero-order chi connectivity index (χ0) is 21.9. The summed E-state index contributed by atoms with van der Waals surface area (Å²) in [5, 5.41) is 2.74. The van der Waals surface area contributed by atoms with E-state index < -0.39 is 17.5 Å². The quantitative estimate of drug-likeness (QED) is 0.533. The number of hydrogen-bond acceptors (Lipinski definition) is 5. The molecule has 7 heteroatoms. The molecular weight excluding hydrogens is 384 g/mol. The zero-order valence-corrected chi connectivity index (χ0v) is 17.7. The smallest absolute Gasteiger partial charge is 0.325 e. The summed E-state index contributed by atoms with van der Waals surface area (Å²) >= 11 is 0. The topological polar surface area (TPSA) is 84.9 Å². The van der Waals surface area contributed by atoms with E-state index >= 15 is 0 Å². The van der Waals surface area contributed by atoms with Crippen molar-refractivity contribution in [2.45, 2.75) is 32.2 Å². The van der Waals surface area contributed by atoms with Crippen LogP contribution in [0, 0.1) is 0 Å². The molecule has 1 atom stereocenters. The summed E-state index contributed by atoms with van der Waals surface area (Å²) in [6.45, 7) is 3.40. The Balaban J connectivity index is 1.80. The predicted molar refractivity (Wildman–Crippen MR) is 112 cm³/mol. The van der Waals surface area contributed by atoms with Crippen LogP contribution in [0.3, 0.4) is 0 Å². The van der Waals surface area contributed by atoms with Gasteiger partial charge in [0.25, 0.3) is 5.91 Å². The normalized spacial score (nSPS) is 18.3. The molecule has 1 fully saturated rings. The number of nitrogens with zero attached hydrogens (tertiary/aromatic N) is 1. The van der Waals surface area contributed by atoms with Gasteiger partial charge in [0.2, 0.25) is 0 Å². The number of ketones is 1. The Morgan fingerprint density at radius 2 is 1.70 bits per heavy atom. The van der Waals surface area contributed by atoms with Gasteiger partial charge in [0, 0.05) is 5.56 Å². The third-order valence-electron chi connectivity index (χ3n) is 5.35. The monoisotopic (exact) mass is 410 g/mol. The standard InChI is InChI=1S/C23H26N2O5/c1-5-6-15-7-10-17(11-8-15)23(2)21(27)25(22(28)24-23)14-18(26)16-9-12-19(29-3)20(13-16)30-4/h7-13H,5-6,14H2,1-4H3,(H,24,28)/t23-/m1/s1. The Kier molecular flexibility index (Phi) is 6.10. The summed E-state index contributed by atoms with van der Waals surface area (Å²) in [4.78, 5) is 39.3. The molecule has 1 heterocycles. The molecule has 0 spiro atoms. The van der Waals surface area contributed by atoms with Crippen molar-refractivity contribution in [3.63, 3.8) is 0 Å². The maximum Gasteiger partial charge on any atom is 0.325 e. The Morgan fingerprint density at radius 3 is 2.30 bits per heavy atom. The number of hydrogen-bond donors (Lipinski definition) is 1. The zero-order valence-electron chi connectivity index (χ0n) is 17.7. The van der Waals surface area contributed by atoms with Gasteiger partial charge in [-0.2, -0.15) is 0 Å². The molecule has 3 rings (SSSR count). The third-order valence-corrected chi connectivity index (χ3v) is 5.35. The lowest BCUT2D eigenvalue weighted by Crippen LogP contribution is -2.41. The Hall–Kier alpha value is -3.35. The molecule has 0 saturated carbocycles. The molecule has 3 amide bonds. The minimum Gasteiger partial charge on any atom is -0.493 e. The first-order valence-electron chi connectivity index (χ1n) is 9.82. The van der Waals surface area contributed by atoms with E-state index in [2.05, 4.69) is 12.2 Å². The molecule has 0 radical (unpaired) electrons. The van der Waals surface area contributed by atoms with E-state index in [-0.39, 0.29) is 12.3 Å². The summed E-state index contributed by atoms with van der Waals surface area (Å²) in [6, 6.07) is 11.8. The molecule has 30 heavy (non-hydrogen) atoms. The van der Waals surface area contributed by atoms with E-state index in [1.165, 1.54) is 25.8 Å². The van der Waals surface area contributed by atoms with Crippen molar-refractivity contribution in [1.82, 2.24) is 10.2 Å². The van der Waals surface area contributed by atoms with Crippen molar-refractivity contribution in [1.29, 1.82) is 0 Å². The number of nitrogens with one attached hydrogen (secondary N) is 1. The Bertz CT molecular complexity index is 970. The molecule has 0 bridgehead atoms. The molecule has 1 aliphatic heterocycles. The summed E-state index contributed by atoms with van der Waals surface area (Å²) in [5.41, 5.74) is 0.967. The van der Waals surface area contributed by atoms with E-state index in [1.807, 2.05) is 24.3 Å². The van der Waals surface area contributed by atoms with Crippen molar-refractivity contribution in [2.24, 2.45) is 0 Å². The Morgan fingerprint density at radius 1 is 1.03 bits per heavy atom. The third kappa shape index (κ3) is 3.87. The average molecular weight is 410 g/mol. The summed E-state index contributed by atoms with van der Waals surface area (Å²) in [7, 11) is 2.98. The largest absolute Gasteiger partial charge is 0.493 e. The fourth-order valence-electron chi connectivity index (χ4n) is 3.57. The number of ether oxygens (including phenoxy) is 2. The number of carbonyl (C=O) groups excluding carboxylic acids is 3. The highest BCUT2D eigenvalue weighted by Gasteiger charge is 2.49. The molecule has 0 unspecified atom stereocenters. The number of amides is 3. The van der Waals surface area contributed by atoms with Crippen LogP contribution in [0.2, 0.25) is 0 Å². The lowest BCUT2D eigenvalue weighted by atomic mass is 9.91. The molecule has 158 valence electrons. The van der Waals surface area contributed by atoms with Crippen LogP contribution in [-0.2, 0) is 16.8 Å². The van der Waals surface area contributed by atoms with Crippen LogP contribution < -0.4 is 14.8 Å². The molecule has 1 saturated heterocycles. The summed E-state index contributed by atoms with van der Waals surface area (Å²) < 4.78 is 10.4. The van der Waals surface area contributed by atoms with Crippen molar-refractivity contribution in [2.75, 3.05) is 20.8 Å². The van der Waals surface area contributed by atoms with Gasteiger partial charge in [0.1, 0.15) is 5.54 Å². The van der Waals surface area contributed by atoms with Gasteiger partial charge in [-0.05, 0) is 42.7 Å². The van der Waals surface area contributed by atoms with E-state index in [0.717, 1.165) is 17.7 Å². The lowest BCUT2D eigenvalue weighted by Gasteiger charge is -2.22. The van der Waals surface area contributed by atoms with Gasteiger partial charge < -0.3 is 14.8 Å². The van der Waals surface area contributed by atoms with Crippen LogP contribution in [0.1, 0.15) is 41.8 Å². The average Bonchev–Trinajstić information content (AvgIpc) is 2.97. The highest BCUT2D eigenvalue weighted by molar-refractivity contribution is 6.11. The predicted octanol–water partition coefficient (Wildman–Crippen LogP) is 3.31. The van der Waals surface area contributed by atoms with Crippen LogP contribution in [0.4, 0.5) is 4.79 Å². The number of Topliss-reactive ketones (excluding diaryl/α,β-unsaturated/α-hetero) is 1. The van der Waals surface area contributed by atoms with Crippen molar-refractivity contribution >= 4 is 17.7 Å². The highest BCUT2D eigenvalue weighted by atomic mass is 16.5. The van der Waals surface area contributed by atoms with Gasteiger partial charge in [0.05, 0.1) is 20.8 Å². The van der Waals surface area contributed by atoms with E-state index in [4.69, 9.17) is 9.47 Å². The SMILES string of the molecule is CCCc1ccc([C@@]2(C)NC(=O)N(CC(=O)c3ccc(OC)c(OC)c3)C2=O)cc1. The molecule has 2 aromatic rings. The molecule has 1 aliphatic rings. The molecule has 7 nitrogen and oxygen atoms in total. The minimum atomic E-state index is -1.21. The fourth-order valence-corrected chi connectivity index (χ4v) is 3.57. The molecular formula is C23H26N2O5. The first-order chi connectivity index (χ1) is 14.3. The molecule has 0 aromatic heterocycles. The van der Waals surface area contributed by atoms with Crippen LogP contribution >= 0.6 is 0 Å². The number of methoxy groups -OCH3 is 2. The minimum absolute atomic E-state index is 0.325. The first kappa shape index (κ1) is 21.4. The van der Waals surface area contributed by atoms with E-state index in [1.54, 1.807) is 19.1 Å².